The fourth-order valence-electron chi connectivity index (χ4n) is 2.34. The molecule has 0 saturated carbocycles. The van der Waals surface area contributed by atoms with Gasteiger partial charge in [0, 0.05) is 0 Å². The molecule has 0 bridgehead atoms. The molecule has 1 aliphatic carbocycles. The summed E-state index contributed by atoms with van der Waals surface area (Å²) in [5.41, 5.74) is 3.66. The Bertz CT molecular complexity index is 297. The number of fused-ring (bicyclic) bond motifs is 1. The van der Waals surface area contributed by atoms with Crippen molar-refractivity contribution in [2.45, 2.75) is 39.5 Å². The molecule has 0 amide bonds. The Hall–Kier alpha value is -0.780. The molecule has 0 atom stereocenters. The fourth-order valence-corrected chi connectivity index (χ4v) is 2.34. The number of rotatable bonds is 0. The topological polar surface area (TPSA) is 0 Å². The van der Waals surface area contributed by atoms with Crippen molar-refractivity contribution in [3.05, 3.63) is 35.4 Å². The monoisotopic (exact) mass is 174 g/mol. The average molecular weight is 174 g/mol. The lowest BCUT2D eigenvalue weighted by Gasteiger charge is -2.22. The summed E-state index contributed by atoms with van der Waals surface area (Å²) in [6, 6.07) is 8.91. The van der Waals surface area contributed by atoms with Crippen molar-refractivity contribution < 1.29 is 0 Å². The van der Waals surface area contributed by atoms with Crippen LogP contribution in [-0.2, 0) is 12.8 Å². The lowest BCUT2D eigenvalue weighted by atomic mass is 9.83. The molecule has 1 aromatic carbocycles. The van der Waals surface area contributed by atoms with Crippen LogP contribution in [0.2, 0.25) is 0 Å². The van der Waals surface area contributed by atoms with Crippen LogP contribution < -0.4 is 0 Å². The minimum atomic E-state index is 0.507. The van der Waals surface area contributed by atoms with Gasteiger partial charge in [-0.05, 0) is 42.2 Å². The second-order valence-electron chi connectivity index (χ2n) is 4.96. The van der Waals surface area contributed by atoms with E-state index in [0.717, 1.165) is 0 Å². The zero-order valence-corrected chi connectivity index (χ0v) is 8.64. The lowest BCUT2D eigenvalue weighted by molar-refractivity contribution is 0.333. The van der Waals surface area contributed by atoms with Gasteiger partial charge in [0.2, 0.25) is 0 Å². The summed E-state index contributed by atoms with van der Waals surface area (Å²) in [4.78, 5) is 0. The zero-order valence-electron chi connectivity index (χ0n) is 8.64. The van der Waals surface area contributed by atoms with E-state index in [1.807, 2.05) is 0 Å². The van der Waals surface area contributed by atoms with Crippen LogP contribution in [0.5, 0.6) is 0 Å². The quantitative estimate of drug-likeness (QED) is 0.527. The van der Waals surface area contributed by atoms with Gasteiger partial charge in [0.1, 0.15) is 0 Å². The Kier molecular flexibility index (Phi) is 2.15. The summed E-state index contributed by atoms with van der Waals surface area (Å²) in [5, 5.41) is 0. The van der Waals surface area contributed by atoms with Crippen LogP contribution in [0.25, 0.3) is 0 Å². The van der Waals surface area contributed by atoms with Gasteiger partial charge in [-0.1, -0.05) is 38.1 Å². The molecule has 0 fully saturated rings. The van der Waals surface area contributed by atoms with Crippen molar-refractivity contribution in [1.82, 2.24) is 0 Å². The van der Waals surface area contributed by atoms with E-state index in [1.54, 1.807) is 11.1 Å². The van der Waals surface area contributed by atoms with Crippen molar-refractivity contribution in [2.24, 2.45) is 5.41 Å². The molecule has 0 radical (unpaired) electrons. The standard InChI is InChI=1S/C13H18/c1-13(2)9-5-8-11-6-3-4-7-12(11)10-13/h3-4,6-7H,5,8-10H2,1-2H3. The Labute approximate surface area is 81.0 Å². The SMILES string of the molecule is CC1(C)CCCc2ccccc2C1. The molecule has 1 aromatic rings. The Morgan fingerprint density at radius 3 is 2.54 bits per heavy atom. The highest BCUT2D eigenvalue weighted by atomic mass is 14.3. The van der Waals surface area contributed by atoms with Crippen molar-refractivity contribution in [2.75, 3.05) is 0 Å². The zero-order chi connectivity index (χ0) is 9.31. The van der Waals surface area contributed by atoms with Crippen LogP contribution in [0, 0.1) is 5.41 Å². The Morgan fingerprint density at radius 1 is 1.08 bits per heavy atom. The number of hydrogen-bond donors (Lipinski definition) is 0. The molecule has 0 heterocycles. The second kappa shape index (κ2) is 3.17. The van der Waals surface area contributed by atoms with E-state index in [-0.39, 0.29) is 0 Å². The van der Waals surface area contributed by atoms with Crippen LogP contribution in [0.4, 0.5) is 0 Å². The fraction of sp³-hybridized carbons (Fsp3) is 0.538. The largest absolute Gasteiger partial charge is 0.0620 e. The van der Waals surface area contributed by atoms with Gasteiger partial charge < -0.3 is 0 Å². The third-order valence-electron chi connectivity index (χ3n) is 3.09. The van der Waals surface area contributed by atoms with Gasteiger partial charge in [-0.2, -0.15) is 0 Å². The van der Waals surface area contributed by atoms with Crippen LogP contribution >= 0.6 is 0 Å². The van der Waals surface area contributed by atoms with Crippen LogP contribution in [0.1, 0.15) is 37.8 Å². The first-order valence-corrected chi connectivity index (χ1v) is 5.24. The van der Waals surface area contributed by atoms with E-state index in [0.29, 0.717) is 5.41 Å². The highest BCUT2D eigenvalue weighted by Crippen LogP contribution is 2.33. The molecule has 0 saturated heterocycles. The highest BCUT2D eigenvalue weighted by molar-refractivity contribution is 5.29. The first kappa shape index (κ1) is 8.80. The molecule has 13 heavy (non-hydrogen) atoms. The highest BCUT2D eigenvalue weighted by Gasteiger charge is 2.22. The van der Waals surface area contributed by atoms with Crippen molar-refractivity contribution >= 4 is 0 Å². The van der Waals surface area contributed by atoms with Crippen LogP contribution in [0.15, 0.2) is 24.3 Å². The van der Waals surface area contributed by atoms with Crippen molar-refractivity contribution in [3.8, 4) is 0 Å². The molecule has 0 unspecified atom stereocenters. The number of aryl methyl sites for hydroxylation is 1. The first-order chi connectivity index (χ1) is 6.17. The van der Waals surface area contributed by atoms with E-state index in [4.69, 9.17) is 0 Å². The Balaban J connectivity index is 2.34. The third kappa shape index (κ3) is 1.93. The predicted octanol–water partition coefficient (Wildman–Crippen LogP) is 3.59. The second-order valence-corrected chi connectivity index (χ2v) is 4.96. The van der Waals surface area contributed by atoms with E-state index >= 15 is 0 Å². The number of benzene rings is 1. The lowest BCUT2D eigenvalue weighted by Crippen LogP contribution is -2.13. The predicted molar refractivity (Wildman–Crippen MR) is 56.9 cm³/mol. The minimum Gasteiger partial charge on any atom is -0.0620 e. The third-order valence-corrected chi connectivity index (χ3v) is 3.09. The molecule has 0 spiro atoms. The van der Waals surface area contributed by atoms with Gasteiger partial charge in [0.25, 0.3) is 0 Å². The van der Waals surface area contributed by atoms with Gasteiger partial charge >= 0.3 is 0 Å². The summed E-state index contributed by atoms with van der Waals surface area (Å²) in [7, 11) is 0. The molecule has 0 nitrogen and oxygen atoms in total. The molecule has 70 valence electrons. The minimum absolute atomic E-state index is 0.507. The molecule has 2 rings (SSSR count). The average Bonchev–Trinajstić information content (AvgIpc) is 2.21. The molecule has 0 heteroatoms. The van der Waals surface area contributed by atoms with Gasteiger partial charge in [-0.25, -0.2) is 0 Å². The van der Waals surface area contributed by atoms with Crippen molar-refractivity contribution in [1.29, 1.82) is 0 Å². The molecule has 0 aliphatic heterocycles. The van der Waals surface area contributed by atoms with E-state index in [2.05, 4.69) is 38.1 Å². The van der Waals surface area contributed by atoms with Crippen LogP contribution in [0.3, 0.4) is 0 Å². The van der Waals surface area contributed by atoms with Gasteiger partial charge in [0.15, 0.2) is 0 Å². The smallest absolute Gasteiger partial charge is 0.0225 e. The first-order valence-electron chi connectivity index (χ1n) is 5.24. The van der Waals surface area contributed by atoms with Crippen molar-refractivity contribution in [3.63, 3.8) is 0 Å². The summed E-state index contributed by atoms with van der Waals surface area (Å²) < 4.78 is 0. The van der Waals surface area contributed by atoms with Crippen LogP contribution in [-0.4, -0.2) is 0 Å². The molecular formula is C13H18. The summed E-state index contributed by atoms with van der Waals surface area (Å²) in [6.45, 7) is 4.77. The maximum absolute atomic E-state index is 2.38. The summed E-state index contributed by atoms with van der Waals surface area (Å²) in [5.74, 6) is 0. The van der Waals surface area contributed by atoms with Gasteiger partial charge in [-0.15, -0.1) is 0 Å². The normalized spacial score (nSPS) is 20.5. The van der Waals surface area contributed by atoms with E-state index < -0.39 is 0 Å². The van der Waals surface area contributed by atoms with Gasteiger partial charge in [0.05, 0.1) is 0 Å². The van der Waals surface area contributed by atoms with Gasteiger partial charge in [-0.3, -0.25) is 0 Å². The maximum Gasteiger partial charge on any atom is -0.0225 e. The Morgan fingerprint density at radius 2 is 1.77 bits per heavy atom. The number of hydrogen-bond acceptors (Lipinski definition) is 0. The summed E-state index contributed by atoms with van der Waals surface area (Å²) in [6.07, 6.45) is 5.24. The molecule has 1 aliphatic rings. The maximum atomic E-state index is 2.38. The molecule has 0 N–H and O–H groups in total. The van der Waals surface area contributed by atoms with E-state index in [1.165, 1.54) is 25.7 Å². The molecule has 0 aromatic heterocycles. The summed E-state index contributed by atoms with van der Waals surface area (Å²) >= 11 is 0. The molecular weight excluding hydrogens is 156 g/mol. The van der Waals surface area contributed by atoms with E-state index in [9.17, 15) is 0 Å².